The van der Waals surface area contributed by atoms with E-state index in [1.165, 1.54) is 11.3 Å². The Balaban J connectivity index is 1.71. The third-order valence-electron chi connectivity index (χ3n) is 4.12. The van der Waals surface area contributed by atoms with Gasteiger partial charge in [-0.25, -0.2) is 5.01 Å². The number of hydrogen-bond acceptors (Lipinski definition) is 5. The Morgan fingerprint density at radius 1 is 1.16 bits per heavy atom. The van der Waals surface area contributed by atoms with Gasteiger partial charge in [-0.15, -0.1) is 0 Å². The molecule has 0 aliphatic carbocycles. The first-order valence-corrected chi connectivity index (χ1v) is 7.88. The predicted molar refractivity (Wildman–Crippen MR) is 90.5 cm³/mol. The van der Waals surface area contributed by atoms with Gasteiger partial charge in [-0.3, -0.25) is 4.79 Å². The molecule has 4 rings (SSSR count). The number of benzene rings is 1. The summed E-state index contributed by atoms with van der Waals surface area (Å²) in [6.45, 7) is 0. The lowest BCUT2D eigenvalue weighted by molar-refractivity contribution is 0.0660. The van der Waals surface area contributed by atoms with Gasteiger partial charge in [0.2, 0.25) is 0 Å². The van der Waals surface area contributed by atoms with Gasteiger partial charge in [0.15, 0.2) is 5.76 Å². The molecule has 3 aromatic rings. The lowest BCUT2D eigenvalue weighted by Crippen LogP contribution is -2.26. The number of hydrazone groups is 1. The zero-order valence-corrected chi connectivity index (χ0v) is 13.6. The van der Waals surface area contributed by atoms with Crippen LogP contribution in [0.4, 0.5) is 0 Å². The number of amides is 1. The third-order valence-corrected chi connectivity index (χ3v) is 4.12. The van der Waals surface area contributed by atoms with Crippen molar-refractivity contribution in [2.45, 2.75) is 12.5 Å². The molecule has 0 saturated carbocycles. The second-order valence-corrected chi connectivity index (χ2v) is 5.64. The number of carbonyl (C=O) groups excluding carboxylic acids is 1. The van der Waals surface area contributed by atoms with Crippen LogP contribution in [0.15, 0.2) is 75.0 Å². The summed E-state index contributed by atoms with van der Waals surface area (Å²) in [4.78, 5) is 12.8. The first-order chi connectivity index (χ1) is 12.3. The number of ether oxygens (including phenoxy) is 1. The number of hydrogen-bond donors (Lipinski definition) is 0. The maximum absolute atomic E-state index is 12.8. The molecule has 1 atom stereocenters. The predicted octanol–water partition coefficient (Wildman–Crippen LogP) is 3.87. The fourth-order valence-electron chi connectivity index (χ4n) is 2.89. The third kappa shape index (κ3) is 2.82. The quantitative estimate of drug-likeness (QED) is 0.725. The van der Waals surface area contributed by atoms with Crippen molar-refractivity contribution in [1.29, 1.82) is 0 Å². The van der Waals surface area contributed by atoms with Crippen LogP contribution < -0.4 is 4.74 Å². The summed E-state index contributed by atoms with van der Waals surface area (Å²) in [5, 5.41) is 5.97. The first-order valence-electron chi connectivity index (χ1n) is 7.88. The van der Waals surface area contributed by atoms with E-state index in [-0.39, 0.29) is 17.7 Å². The van der Waals surface area contributed by atoms with E-state index in [1.807, 2.05) is 30.3 Å². The summed E-state index contributed by atoms with van der Waals surface area (Å²) in [7, 11) is 1.62. The molecule has 0 N–H and O–H groups in total. The first kappa shape index (κ1) is 15.3. The highest BCUT2D eigenvalue weighted by Crippen LogP contribution is 2.34. The number of nitrogens with zero attached hydrogens (tertiary/aromatic N) is 2. The monoisotopic (exact) mass is 336 g/mol. The van der Waals surface area contributed by atoms with Gasteiger partial charge in [-0.1, -0.05) is 12.1 Å². The smallest absolute Gasteiger partial charge is 0.310 e. The highest BCUT2D eigenvalue weighted by Gasteiger charge is 2.36. The van der Waals surface area contributed by atoms with E-state index in [0.29, 0.717) is 12.2 Å². The highest BCUT2D eigenvalue weighted by molar-refractivity contribution is 6.04. The molecule has 126 valence electrons. The summed E-state index contributed by atoms with van der Waals surface area (Å²) < 4.78 is 16.0. The van der Waals surface area contributed by atoms with Crippen molar-refractivity contribution >= 4 is 11.6 Å². The average Bonchev–Trinajstić information content (AvgIpc) is 3.42. The van der Waals surface area contributed by atoms with Crippen LogP contribution in [0, 0.1) is 0 Å². The molecule has 0 radical (unpaired) electrons. The number of carbonyl (C=O) groups is 1. The lowest BCUT2D eigenvalue weighted by atomic mass is 10.0. The van der Waals surface area contributed by atoms with E-state index >= 15 is 0 Å². The van der Waals surface area contributed by atoms with E-state index in [0.717, 1.165) is 17.0 Å². The fraction of sp³-hybridized carbons (Fsp3) is 0.158. The largest absolute Gasteiger partial charge is 0.497 e. The van der Waals surface area contributed by atoms with Crippen molar-refractivity contribution in [2.24, 2.45) is 5.10 Å². The molecule has 1 amide bonds. The Bertz CT molecular complexity index is 897. The zero-order valence-electron chi connectivity index (χ0n) is 13.6. The molecular weight excluding hydrogens is 320 g/mol. The molecule has 0 bridgehead atoms. The summed E-state index contributed by atoms with van der Waals surface area (Å²) in [6.07, 6.45) is 3.61. The van der Waals surface area contributed by atoms with Gasteiger partial charge in [-0.2, -0.15) is 5.10 Å². The van der Waals surface area contributed by atoms with E-state index < -0.39 is 0 Å². The summed E-state index contributed by atoms with van der Waals surface area (Å²) in [6, 6.07) is 14.3. The zero-order chi connectivity index (χ0) is 17.2. The Hall–Kier alpha value is -3.28. The van der Waals surface area contributed by atoms with Crippen LogP contribution in [-0.4, -0.2) is 23.7 Å². The highest BCUT2D eigenvalue weighted by atomic mass is 16.5. The van der Waals surface area contributed by atoms with Crippen LogP contribution >= 0.6 is 0 Å². The Kier molecular flexibility index (Phi) is 3.85. The second kappa shape index (κ2) is 6.32. The van der Waals surface area contributed by atoms with Gasteiger partial charge in [0.05, 0.1) is 25.3 Å². The molecule has 6 nitrogen and oxygen atoms in total. The number of methoxy groups -OCH3 is 1. The van der Waals surface area contributed by atoms with Crippen molar-refractivity contribution in [3.8, 4) is 5.75 Å². The topological polar surface area (TPSA) is 68.2 Å². The normalized spacial score (nSPS) is 16.8. The van der Waals surface area contributed by atoms with Crippen molar-refractivity contribution in [1.82, 2.24) is 5.01 Å². The van der Waals surface area contributed by atoms with E-state index in [1.54, 1.807) is 31.6 Å². The van der Waals surface area contributed by atoms with E-state index in [2.05, 4.69) is 5.10 Å². The fourth-order valence-corrected chi connectivity index (χ4v) is 2.89. The summed E-state index contributed by atoms with van der Waals surface area (Å²) >= 11 is 0. The summed E-state index contributed by atoms with van der Waals surface area (Å²) in [5.41, 5.74) is 1.70. The average molecular weight is 336 g/mol. The van der Waals surface area contributed by atoms with Gasteiger partial charge in [0.1, 0.15) is 17.6 Å². The maximum Gasteiger partial charge on any atom is 0.310 e. The SMILES string of the molecule is COc1cccc(C2=NN(C(=O)c3ccco3)[C@H](c3ccco3)C2)c1. The van der Waals surface area contributed by atoms with Crippen LogP contribution in [0.2, 0.25) is 0 Å². The molecule has 1 aliphatic rings. The van der Waals surface area contributed by atoms with Crippen LogP contribution in [-0.2, 0) is 0 Å². The van der Waals surface area contributed by atoms with Gasteiger partial charge < -0.3 is 13.6 Å². The van der Waals surface area contributed by atoms with Crippen LogP contribution in [0.1, 0.15) is 34.3 Å². The van der Waals surface area contributed by atoms with Gasteiger partial charge >= 0.3 is 5.91 Å². The van der Waals surface area contributed by atoms with Gasteiger partial charge in [-0.05, 0) is 36.4 Å². The second-order valence-electron chi connectivity index (χ2n) is 5.64. The van der Waals surface area contributed by atoms with E-state index in [9.17, 15) is 4.79 Å². The molecule has 1 aromatic carbocycles. The number of rotatable bonds is 4. The van der Waals surface area contributed by atoms with Crippen LogP contribution in [0.5, 0.6) is 5.75 Å². The van der Waals surface area contributed by atoms with Crippen molar-refractivity contribution in [3.05, 3.63) is 78.1 Å². The minimum atomic E-state index is -0.311. The Labute approximate surface area is 144 Å². The Morgan fingerprint density at radius 3 is 2.72 bits per heavy atom. The molecule has 6 heteroatoms. The summed E-state index contributed by atoms with van der Waals surface area (Å²) in [5.74, 6) is 1.36. The molecular formula is C19H16N2O4. The minimum absolute atomic E-state index is 0.243. The van der Waals surface area contributed by atoms with Crippen molar-refractivity contribution in [3.63, 3.8) is 0 Å². The maximum atomic E-state index is 12.8. The molecule has 3 heterocycles. The van der Waals surface area contributed by atoms with Gasteiger partial charge in [0, 0.05) is 12.0 Å². The lowest BCUT2D eigenvalue weighted by Gasteiger charge is -2.18. The van der Waals surface area contributed by atoms with Crippen molar-refractivity contribution < 1.29 is 18.4 Å². The number of furan rings is 2. The van der Waals surface area contributed by atoms with Gasteiger partial charge in [0.25, 0.3) is 0 Å². The standard InChI is InChI=1S/C19H16N2O4/c1-23-14-6-2-5-13(11-14)15-12-16(17-7-3-9-24-17)21(20-15)19(22)18-8-4-10-25-18/h2-11,16H,12H2,1H3/t16-/m0/s1. The Morgan fingerprint density at radius 2 is 2.00 bits per heavy atom. The van der Waals surface area contributed by atoms with E-state index in [4.69, 9.17) is 13.6 Å². The molecule has 0 fully saturated rings. The molecule has 1 aliphatic heterocycles. The molecule has 0 saturated heterocycles. The molecule has 25 heavy (non-hydrogen) atoms. The molecule has 2 aromatic heterocycles. The minimum Gasteiger partial charge on any atom is -0.497 e. The van der Waals surface area contributed by atoms with Crippen LogP contribution in [0.25, 0.3) is 0 Å². The van der Waals surface area contributed by atoms with Crippen molar-refractivity contribution in [2.75, 3.05) is 7.11 Å². The molecule has 0 spiro atoms. The van der Waals surface area contributed by atoms with Crippen LogP contribution in [0.3, 0.4) is 0 Å². The molecule has 0 unspecified atom stereocenters.